The summed E-state index contributed by atoms with van der Waals surface area (Å²) in [6.07, 6.45) is 2.45. The van der Waals surface area contributed by atoms with Crippen LogP contribution in [0.25, 0.3) is 0 Å². The lowest BCUT2D eigenvalue weighted by Gasteiger charge is -2.08. The molecule has 2 rings (SSSR count). The standard InChI is InChI=1S/C16H20N2O2/c1-2-17-14-7-9-18-15(11-14)12-20-16-5-3-13(4-6-16)8-10-19/h3-7,9,11,19H,2,8,10,12H2,1H3,(H,17,18). The van der Waals surface area contributed by atoms with Gasteiger partial charge in [0.2, 0.25) is 0 Å². The topological polar surface area (TPSA) is 54.4 Å². The maximum atomic E-state index is 8.87. The molecule has 0 bridgehead atoms. The number of pyridine rings is 1. The van der Waals surface area contributed by atoms with Crippen molar-refractivity contribution in [1.29, 1.82) is 0 Å². The number of hydrogen-bond donors (Lipinski definition) is 2. The van der Waals surface area contributed by atoms with Gasteiger partial charge in [-0.05, 0) is 43.2 Å². The molecular weight excluding hydrogens is 252 g/mol. The molecule has 20 heavy (non-hydrogen) atoms. The lowest BCUT2D eigenvalue weighted by atomic mass is 10.1. The third-order valence-corrected chi connectivity index (χ3v) is 2.91. The highest BCUT2D eigenvalue weighted by molar-refractivity contribution is 5.42. The summed E-state index contributed by atoms with van der Waals surface area (Å²) in [5, 5.41) is 12.1. The molecule has 4 heteroatoms. The number of aliphatic hydroxyl groups is 1. The molecule has 1 heterocycles. The van der Waals surface area contributed by atoms with E-state index in [1.807, 2.05) is 36.4 Å². The third kappa shape index (κ3) is 4.24. The highest BCUT2D eigenvalue weighted by Gasteiger charge is 1.99. The van der Waals surface area contributed by atoms with Gasteiger partial charge >= 0.3 is 0 Å². The monoisotopic (exact) mass is 272 g/mol. The SMILES string of the molecule is CCNc1ccnc(COc2ccc(CCO)cc2)c1. The molecule has 0 atom stereocenters. The fourth-order valence-corrected chi connectivity index (χ4v) is 1.91. The summed E-state index contributed by atoms with van der Waals surface area (Å²) in [5.41, 5.74) is 3.05. The van der Waals surface area contributed by atoms with Gasteiger partial charge in [0.15, 0.2) is 0 Å². The average molecular weight is 272 g/mol. The molecule has 4 nitrogen and oxygen atoms in total. The summed E-state index contributed by atoms with van der Waals surface area (Å²) in [6, 6.07) is 11.7. The van der Waals surface area contributed by atoms with Gasteiger partial charge in [-0.25, -0.2) is 0 Å². The fourth-order valence-electron chi connectivity index (χ4n) is 1.91. The minimum absolute atomic E-state index is 0.168. The van der Waals surface area contributed by atoms with Gasteiger partial charge in [0.25, 0.3) is 0 Å². The zero-order chi connectivity index (χ0) is 14.2. The van der Waals surface area contributed by atoms with Crippen molar-refractivity contribution in [3.8, 4) is 5.75 Å². The van der Waals surface area contributed by atoms with Crippen molar-refractivity contribution in [2.45, 2.75) is 20.0 Å². The van der Waals surface area contributed by atoms with Crippen molar-refractivity contribution in [3.63, 3.8) is 0 Å². The second-order valence-electron chi connectivity index (χ2n) is 4.47. The van der Waals surface area contributed by atoms with Gasteiger partial charge < -0.3 is 15.2 Å². The second kappa shape index (κ2) is 7.50. The molecule has 1 aromatic heterocycles. The van der Waals surface area contributed by atoms with Crippen LogP contribution < -0.4 is 10.1 Å². The molecule has 0 unspecified atom stereocenters. The van der Waals surface area contributed by atoms with Crippen LogP contribution in [-0.4, -0.2) is 23.2 Å². The fraction of sp³-hybridized carbons (Fsp3) is 0.312. The van der Waals surface area contributed by atoms with E-state index in [4.69, 9.17) is 9.84 Å². The molecule has 0 aliphatic heterocycles. The van der Waals surface area contributed by atoms with E-state index in [1.54, 1.807) is 6.20 Å². The van der Waals surface area contributed by atoms with Gasteiger partial charge in [-0.3, -0.25) is 4.98 Å². The largest absolute Gasteiger partial charge is 0.487 e. The minimum Gasteiger partial charge on any atom is -0.487 e. The van der Waals surface area contributed by atoms with Gasteiger partial charge in [-0.15, -0.1) is 0 Å². The molecule has 0 aliphatic carbocycles. The van der Waals surface area contributed by atoms with Crippen LogP contribution >= 0.6 is 0 Å². The smallest absolute Gasteiger partial charge is 0.130 e. The van der Waals surface area contributed by atoms with Gasteiger partial charge in [0.1, 0.15) is 12.4 Å². The Labute approximate surface area is 119 Å². The van der Waals surface area contributed by atoms with Crippen LogP contribution in [0.2, 0.25) is 0 Å². The highest BCUT2D eigenvalue weighted by atomic mass is 16.5. The van der Waals surface area contributed by atoms with E-state index in [-0.39, 0.29) is 6.61 Å². The first-order valence-corrected chi connectivity index (χ1v) is 6.83. The predicted molar refractivity (Wildman–Crippen MR) is 80.0 cm³/mol. The molecule has 0 saturated heterocycles. The highest BCUT2D eigenvalue weighted by Crippen LogP contribution is 2.15. The van der Waals surface area contributed by atoms with E-state index in [0.717, 1.165) is 29.2 Å². The number of aromatic nitrogens is 1. The summed E-state index contributed by atoms with van der Waals surface area (Å²) in [7, 11) is 0. The molecule has 0 saturated carbocycles. The zero-order valence-corrected chi connectivity index (χ0v) is 11.7. The number of nitrogens with zero attached hydrogens (tertiary/aromatic N) is 1. The van der Waals surface area contributed by atoms with Crippen molar-refractivity contribution in [1.82, 2.24) is 4.98 Å². The van der Waals surface area contributed by atoms with Crippen molar-refractivity contribution < 1.29 is 9.84 Å². The molecule has 2 aromatic rings. The van der Waals surface area contributed by atoms with Crippen molar-refractivity contribution >= 4 is 5.69 Å². The number of hydrogen-bond acceptors (Lipinski definition) is 4. The van der Waals surface area contributed by atoms with E-state index in [2.05, 4.69) is 17.2 Å². The number of rotatable bonds is 7. The Morgan fingerprint density at radius 3 is 2.70 bits per heavy atom. The Balaban J connectivity index is 1.92. The predicted octanol–water partition coefficient (Wildman–Crippen LogP) is 2.63. The number of benzene rings is 1. The first-order chi connectivity index (χ1) is 9.81. The molecule has 2 N–H and O–H groups in total. The summed E-state index contributed by atoms with van der Waals surface area (Å²) in [6.45, 7) is 3.56. The zero-order valence-electron chi connectivity index (χ0n) is 11.7. The number of anilines is 1. The maximum Gasteiger partial charge on any atom is 0.130 e. The molecule has 1 aromatic carbocycles. The van der Waals surface area contributed by atoms with E-state index in [1.165, 1.54) is 0 Å². The molecule has 0 radical (unpaired) electrons. The van der Waals surface area contributed by atoms with Crippen LogP contribution in [-0.2, 0) is 13.0 Å². The van der Waals surface area contributed by atoms with Crippen LogP contribution in [0.4, 0.5) is 5.69 Å². The van der Waals surface area contributed by atoms with Crippen LogP contribution in [0.3, 0.4) is 0 Å². The van der Waals surface area contributed by atoms with Gasteiger partial charge in [0, 0.05) is 25.0 Å². The summed E-state index contributed by atoms with van der Waals surface area (Å²) in [4.78, 5) is 4.29. The summed E-state index contributed by atoms with van der Waals surface area (Å²) < 4.78 is 5.71. The Bertz CT molecular complexity index is 526. The summed E-state index contributed by atoms with van der Waals surface area (Å²) >= 11 is 0. The van der Waals surface area contributed by atoms with Crippen molar-refractivity contribution in [2.24, 2.45) is 0 Å². The van der Waals surface area contributed by atoms with Crippen LogP contribution in [0.5, 0.6) is 5.75 Å². The normalized spacial score (nSPS) is 10.3. The van der Waals surface area contributed by atoms with Crippen molar-refractivity contribution in [2.75, 3.05) is 18.5 Å². The Hall–Kier alpha value is -2.07. The minimum atomic E-state index is 0.168. The van der Waals surface area contributed by atoms with Gasteiger partial charge in [0.05, 0.1) is 5.69 Å². The Kier molecular flexibility index (Phi) is 5.38. The summed E-state index contributed by atoms with van der Waals surface area (Å²) in [5.74, 6) is 0.808. The molecule has 0 aliphatic rings. The lowest BCUT2D eigenvalue weighted by molar-refractivity contribution is 0.297. The van der Waals surface area contributed by atoms with Gasteiger partial charge in [-0.1, -0.05) is 12.1 Å². The van der Waals surface area contributed by atoms with E-state index >= 15 is 0 Å². The molecule has 0 spiro atoms. The van der Waals surface area contributed by atoms with Crippen LogP contribution in [0.15, 0.2) is 42.6 Å². The van der Waals surface area contributed by atoms with E-state index < -0.39 is 0 Å². The third-order valence-electron chi connectivity index (χ3n) is 2.91. The Morgan fingerprint density at radius 1 is 1.20 bits per heavy atom. The number of aliphatic hydroxyl groups excluding tert-OH is 1. The Morgan fingerprint density at radius 2 is 2.00 bits per heavy atom. The van der Waals surface area contributed by atoms with E-state index in [9.17, 15) is 0 Å². The first-order valence-electron chi connectivity index (χ1n) is 6.83. The lowest BCUT2D eigenvalue weighted by Crippen LogP contribution is -2.01. The molecular formula is C16H20N2O2. The quantitative estimate of drug-likeness (QED) is 0.813. The average Bonchev–Trinajstić information content (AvgIpc) is 2.48. The first kappa shape index (κ1) is 14.3. The van der Waals surface area contributed by atoms with Crippen LogP contribution in [0.1, 0.15) is 18.2 Å². The molecule has 0 fully saturated rings. The second-order valence-corrected chi connectivity index (χ2v) is 4.47. The van der Waals surface area contributed by atoms with Gasteiger partial charge in [-0.2, -0.15) is 0 Å². The molecule has 106 valence electrons. The molecule has 0 amide bonds. The van der Waals surface area contributed by atoms with E-state index in [0.29, 0.717) is 13.0 Å². The van der Waals surface area contributed by atoms with Crippen molar-refractivity contribution in [3.05, 3.63) is 53.9 Å². The maximum absolute atomic E-state index is 8.87. The van der Waals surface area contributed by atoms with Crippen LogP contribution in [0, 0.1) is 0 Å². The number of ether oxygens (including phenoxy) is 1. The number of nitrogens with one attached hydrogen (secondary N) is 1.